The molecule has 0 heterocycles. The lowest BCUT2D eigenvalue weighted by Crippen LogP contribution is -2.37. The van der Waals surface area contributed by atoms with E-state index < -0.39 is 16.5 Å². The summed E-state index contributed by atoms with van der Waals surface area (Å²) in [5.41, 5.74) is 6.59. The van der Waals surface area contributed by atoms with Gasteiger partial charge in [0.1, 0.15) is 0 Å². The number of anilines is 2. The average Bonchev–Trinajstić information content (AvgIpc) is 3.18. The van der Waals surface area contributed by atoms with E-state index in [4.69, 9.17) is 0 Å². The van der Waals surface area contributed by atoms with Crippen molar-refractivity contribution in [1.82, 2.24) is 0 Å². The second-order valence-electron chi connectivity index (χ2n) is 11.9. The fourth-order valence-corrected chi connectivity index (χ4v) is 5.49. The topological polar surface area (TPSA) is 46.3 Å². The first kappa shape index (κ1) is 25.1. The lowest BCUT2D eigenvalue weighted by Gasteiger charge is -2.35. The van der Waals surface area contributed by atoms with Crippen LogP contribution in [0.15, 0.2) is 97.1 Å². The highest BCUT2D eigenvalue weighted by Crippen LogP contribution is 2.56. The van der Waals surface area contributed by atoms with Crippen LogP contribution in [0.25, 0.3) is 11.1 Å². The van der Waals surface area contributed by atoms with Gasteiger partial charge in [-0.2, -0.15) is 0 Å². The van der Waals surface area contributed by atoms with Crippen molar-refractivity contribution in [2.75, 3.05) is 10.1 Å². The van der Waals surface area contributed by atoms with Crippen LogP contribution in [0.5, 0.6) is 0 Å². The highest BCUT2D eigenvalue weighted by Gasteiger charge is 2.46. The highest BCUT2D eigenvalue weighted by atomic mass is 16.5. The minimum Gasteiger partial charge on any atom is -0.215 e. The first-order valence-electron chi connectivity index (χ1n) is 12.8. The van der Waals surface area contributed by atoms with Crippen molar-refractivity contribution in [1.29, 1.82) is 0 Å². The number of benzene rings is 4. The van der Waals surface area contributed by atoms with Crippen LogP contribution in [-0.2, 0) is 15.8 Å². The van der Waals surface area contributed by atoms with E-state index in [0.717, 1.165) is 21.3 Å². The van der Waals surface area contributed by atoms with Crippen LogP contribution in [0, 0.1) is 0 Å². The second kappa shape index (κ2) is 8.76. The van der Waals surface area contributed by atoms with Crippen molar-refractivity contribution >= 4 is 11.4 Å². The Labute approximate surface area is 220 Å². The lowest BCUT2D eigenvalue weighted by atomic mass is 9.67. The zero-order valence-corrected chi connectivity index (χ0v) is 22.4. The smallest absolute Gasteiger partial charge is 0.0713 e. The van der Waals surface area contributed by atoms with Crippen molar-refractivity contribution < 1.29 is 10.4 Å². The normalized spacial score (nSPS) is 14.2. The summed E-state index contributed by atoms with van der Waals surface area (Å²) in [6, 6.07) is 33.1. The molecule has 0 bridgehead atoms. The SMILES string of the molecule is CC(C)(C)N([O])c1ccc(C2(c3ccc(N([O])C(C)(C)C)cc3)c3ccccc3-c3ccccc32)cc1. The number of rotatable bonds is 4. The van der Waals surface area contributed by atoms with Gasteiger partial charge in [-0.25, -0.2) is 10.1 Å². The van der Waals surface area contributed by atoms with Crippen LogP contribution >= 0.6 is 0 Å². The Hall–Kier alpha value is -3.60. The van der Waals surface area contributed by atoms with Gasteiger partial charge in [0.05, 0.1) is 27.9 Å². The number of hydrogen-bond acceptors (Lipinski definition) is 2. The number of fused-ring (bicyclic) bond motifs is 3. The van der Waals surface area contributed by atoms with Gasteiger partial charge in [-0.1, -0.05) is 83.2 Å². The largest absolute Gasteiger partial charge is 0.215 e. The van der Waals surface area contributed by atoms with Crippen LogP contribution in [0.1, 0.15) is 63.8 Å². The van der Waals surface area contributed by atoms with Crippen LogP contribution in [0.3, 0.4) is 0 Å². The van der Waals surface area contributed by atoms with E-state index in [2.05, 4.69) is 72.8 Å². The maximum Gasteiger partial charge on any atom is 0.0713 e. The molecule has 0 saturated heterocycles. The van der Waals surface area contributed by atoms with Gasteiger partial charge in [0, 0.05) is 0 Å². The minimum absolute atomic E-state index is 0.529. The molecule has 0 spiro atoms. The Morgan fingerprint density at radius 3 is 1.14 bits per heavy atom. The molecular weight excluding hydrogens is 456 g/mol. The summed E-state index contributed by atoms with van der Waals surface area (Å²) in [6.07, 6.45) is 0. The standard InChI is InChI=1S/C33H34N2O2/c1-31(2,3)34(36)25-19-15-23(16-20-25)33(24-17-21-26(22-18-24)35(37)32(4,5)6)29-13-9-7-11-27(29)28-12-8-10-14-30(28)33/h7-22H,1-6H3. The van der Waals surface area contributed by atoms with E-state index in [0.29, 0.717) is 11.4 Å². The Kier molecular flexibility index (Phi) is 5.93. The molecule has 4 aromatic rings. The molecule has 0 saturated carbocycles. The first-order chi connectivity index (χ1) is 17.5. The van der Waals surface area contributed by atoms with E-state index in [1.165, 1.54) is 22.3 Å². The average molecular weight is 491 g/mol. The molecule has 0 aliphatic heterocycles. The van der Waals surface area contributed by atoms with Crippen molar-refractivity contribution in [2.45, 2.75) is 58.0 Å². The molecule has 188 valence electrons. The Morgan fingerprint density at radius 1 is 0.486 bits per heavy atom. The molecular formula is C33H34N2O2. The van der Waals surface area contributed by atoms with E-state index in [9.17, 15) is 10.4 Å². The van der Waals surface area contributed by atoms with E-state index in [1.54, 1.807) is 0 Å². The van der Waals surface area contributed by atoms with Gasteiger partial charge >= 0.3 is 0 Å². The van der Waals surface area contributed by atoms with Crippen LogP contribution < -0.4 is 10.1 Å². The molecule has 0 amide bonds. The fourth-order valence-electron chi connectivity index (χ4n) is 5.49. The first-order valence-corrected chi connectivity index (χ1v) is 12.8. The van der Waals surface area contributed by atoms with Crippen LogP contribution in [-0.4, -0.2) is 11.1 Å². The third-order valence-corrected chi connectivity index (χ3v) is 7.24. The minimum atomic E-state index is -0.574. The molecule has 0 N–H and O–H groups in total. The zero-order valence-electron chi connectivity index (χ0n) is 22.4. The molecule has 0 aromatic heterocycles. The maximum atomic E-state index is 12.9. The Morgan fingerprint density at radius 2 is 0.811 bits per heavy atom. The zero-order chi connectivity index (χ0) is 26.6. The van der Waals surface area contributed by atoms with Crippen LogP contribution in [0.4, 0.5) is 11.4 Å². The summed E-state index contributed by atoms with van der Waals surface area (Å²) in [5.74, 6) is 0. The monoisotopic (exact) mass is 490 g/mol. The quantitative estimate of drug-likeness (QED) is 0.240. The molecule has 1 aliphatic rings. The molecule has 4 nitrogen and oxygen atoms in total. The molecule has 0 fully saturated rings. The van der Waals surface area contributed by atoms with Crippen molar-refractivity contribution in [3.63, 3.8) is 0 Å². The summed E-state index contributed by atoms with van der Waals surface area (Å²) in [7, 11) is 0. The molecule has 0 atom stereocenters. The molecule has 5 rings (SSSR count). The van der Waals surface area contributed by atoms with E-state index >= 15 is 0 Å². The van der Waals surface area contributed by atoms with Gasteiger partial charge in [0.15, 0.2) is 0 Å². The summed E-state index contributed by atoms with van der Waals surface area (Å²) in [4.78, 5) is 0. The summed E-state index contributed by atoms with van der Waals surface area (Å²) in [6.45, 7) is 11.5. The predicted octanol–water partition coefficient (Wildman–Crippen LogP) is 7.95. The van der Waals surface area contributed by atoms with Crippen molar-refractivity contribution in [3.8, 4) is 11.1 Å². The summed E-state index contributed by atoms with van der Waals surface area (Å²) >= 11 is 0. The van der Waals surface area contributed by atoms with Gasteiger partial charge in [-0.3, -0.25) is 0 Å². The lowest BCUT2D eigenvalue weighted by molar-refractivity contribution is 0.102. The predicted molar refractivity (Wildman–Crippen MR) is 150 cm³/mol. The Balaban J connectivity index is 1.75. The molecule has 1 aliphatic carbocycles. The third-order valence-electron chi connectivity index (χ3n) is 7.24. The third kappa shape index (κ3) is 4.01. The molecule has 4 heteroatoms. The number of hydrogen-bond donors (Lipinski definition) is 0. The second-order valence-corrected chi connectivity index (χ2v) is 11.9. The van der Waals surface area contributed by atoms with Crippen molar-refractivity contribution in [3.05, 3.63) is 119 Å². The van der Waals surface area contributed by atoms with Gasteiger partial charge in [0.2, 0.25) is 0 Å². The summed E-state index contributed by atoms with van der Waals surface area (Å²) < 4.78 is 0. The van der Waals surface area contributed by atoms with Gasteiger partial charge in [-0.15, -0.1) is 0 Å². The molecule has 0 unspecified atom stereocenters. The highest BCUT2D eigenvalue weighted by molar-refractivity contribution is 5.86. The van der Waals surface area contributed by atoms with Crippen molar-refractivity contribution in [2.24, 2.45) is 0 Å². The fraction of sp³-hybridized carbons (Fsp3) is 0.273. The number of nitrogens with zero attached hydrogens (tertiary/aromatic N) is 2. The van der Waals surface area contributed by atoms with Gasteiger partial charge in [0.25, 0.3) is 0 Å². The summed E-state index contributed by atoms with van der Waals surface area (Å²) in [5, 5.41) is 27.9. The van der Waals surface area contributed by atoms with E-state index in [1.807, 2.05) is 65.8 Å². The van der Waals surface area contributed by atoms with Gasteiger partial charge < -0.3 is 0 Å². The number of hydroxylamine groups is 2. The molecule has 4 aromatic carbocycles. The van der Waals surface area contributed by atoms with Crippen LogP contribution in [0.2, 0.25) is 0 Å². The Bertz CT molecular complexity index is 1300. The maximum absolute atomic E-state index is 12.9. The molecule has 2 radical (unpaired) electrons. The van der Waals surface area contributed by atoms with Gasteiger partial charge in [-0.05, 0) is 99.2 Å². The molecule has 37 heavy (non-hydrogen) atoms. The van der Waals surface area contributed by atoms with E-state index in [-0.39, 0.29) is 0 Å².